The molecule has 2 amide bonds. The highest BCUT2D eigenvalue weighted by Gasteiger charge is 2.08. The number of hydrogen-bond acceptors (Lipinski definition) is 4. The van der Waals surface area contributed by atoms with Gasteiger partial charge in [0.2, 0.25) is 0 Å². The van der Waals surface area contributed by atoms with E-state index in [9.17, 15) is 14.4 Å². The van der Waals surface area contributed by atoms with Crippen LogP contribution in [-0.4, -0.2) is 23.1 Å². The fourth-order valence-electron chi connectivity index (χ4n) is 1.03. The lowest BCUT2D eigenvalue weighted by Gasteiger charge is -2.07. The van der Waals surface area contributed by atoms with Crippen molar-refractivity contribution in [1.29, 1.82) is 0 Å². The van der Waals surface area contributed by atoms with Crippen LogP contribution in [0.15, 0.2) is 36.4 Å². The number of rotatable bonds is 3. The number of carbonyl (C=O) groups is 3. The first kappa shape index (κ1) is 14.2. The van der Waals surface area contributed by atoms with Gasteiger partial charge in [-0.3, -0.25) is 0 Å². The first-order chi connectivity index (χ1) is 8.90. The standard InChI is InChI=1S/C12H12N2O5/c1-7(2)11(17)19-14-12(18)13-9-5-3-8(4-6-9)10(15)16/h3-6H,1H2,2H3,(H,15,16)(H2,13,14,18). The molecule has 1 aromatic carbocycles. The Bertz CT molecular complexity index is 521. The first-order valence-electron chi connectivity index (χ1n) is 5.17. The van der Waals surface area contributed by atoms with E-state index < -0.39 is 18.0 Å². The van der Waals surface area contributed by atoms with E-state index in [1.54, 1.807) is 0 Å². The van der Waals surface area contributed by atoms with Gasteiger partial charge in [-0.1, -0.05) is 6.58 Å². The van der Waals surface area contributed by atoms with Crippen LogP contribution in [0.5, 0.6) is 0 Å². The smallest absolute Gasteiger partial charge is 0.358 e. The zero-order chi connectivity index (χ0) is 14.4. The van der Waals surface area contributed by atoms with E-state index in [2.05, 4.69) is 16.7 Å². The van der Waals surface area contributed by atoms with Crippen molar-refractivity contribution in [1.82, 2.24) is 5.48 Å². The molecule has 0 fully saturated rings. The van der Waals surface area contributed by atoms with Crippen molar-refractivity contribution in [3.63, 3.8) is 0 Å². The average Bonchev–Trinajstić information content (AvgIpc) is 2.36. The molecule has 0 radical (unpaired) electrons. The van der Waals surface area contributed by atoms with Crippen LogP contribution in [0.25, 0.3) is 0 Å². The summed E-state index contributed by atoms with van der Waals surface area (Å²) < 4.78 is 0. The molecule has 0 aliphatic carbocycles. The third kappa shape index (κ3) is 4.50. The Morgan fingerprint density at radius 2 is 1.79 bits per heavy atom. The number of carboxylic acid groups (broad SMARTS) is 1. The van der Waals surface area contributed by atoms with E-state index in [0.29, 0.717) is 5.69 Å². The Kier molecular flexibility index (Phi) is 4.64. The molecular weight excluding hydrogens is 252 g/mol. The van der Waals surface area contributed by atoms with Crippen molar-refractivity contribution < 1.29 is 24.3 Å². The number of hydroxylamine groups is 1. The van der Waals surface area contributed by atoms with Gasteiger partial charge in [0.05, 0.1) is 5.56 Å². The van der Waals surface area contributed by atoms with Crippen molar-refractivity contribution in [2.24, 2.45) is 0 Å². The third-order valence-electron chi connectivity index (χ3n) is 1.97. The molecule has 0 saturated carbocycles. The highest BCUT2D eigenvalue weighted by molar-refractivity contribution is 5.93. The minimum absolute atomic E-state index is 0.0969. The zero-order valence-electron chi connectivity index (χ0n) is 10.1. The first-order valence-corrected chi connectivity index (χ1v) is 5.17. The van der Waals surface area contributed by atoms with Gasteiger partial charge < -0.3 is 15.3 Å². The molecule has 1 rings (SSSR count). The van der Waals surface area contributed by atoms with Crippen molar-refractivity contribution >= 4 is 23.7 Å². The highest BCUT2D eigenvalue weighted by atomic mass is 16.7. The topological polar surface area (TPSA) is 105 Å². The molecule has 0 aliphatic rings. The molecular formula is C12H12N2O5. The fraction of sp³-hybridized carbons (Fsp3) is 0.0833. The maximum absolute atomic E-state index is 11.3. The van der Waals surface area contributed by atoms with Gasteiger partial charge in [0, 0.05) is 11.3 Å². The van der Waals surface area contributed by atoms with E-state index in [0.717, 1.165) is 0 Å². The van der Waals surface area contributed by atoms with Gasteiger partial charge in [-0.05, 0) is 31.2 Å². The predicted molar refractivity (Wildman–Crippen MR) is 66.5 cm³/mol. The van der Waals surface area contributed by atoms with E-state index >= 15 is 0 Å². The molecule has 7 nitrogen and oxygen atoms in total. The van der Waals surface area contributed by atoms with Crippen molar-refractivity contribution in [2.45, 2.75) is 6.92 Å². The Morgan fingerprint density at radius 1 is 1.21 bits per heavy atom. The second kappa shape index (κ2) is 6.20. The SMILES string of the molecule is C=C(C)C(=O)ONC(=O)Nc1ccc(C(=O)O)cc1. The summed E-state index contributed by atoms with van der Waals surface area (Å²) in [6.07, 6.45) is 0. The van der Waals surface area contributed by atoms with Crippen LogP contribution in [0.1, 0.15) is 17.3 Å². The number of benzene rings is 1. The predicted octanol–water partition coefficient (Wildman–Crippen LogP) is 1.54. The van der Waals surface area contributed by atoms with Gasteiger partial charge in [-0.2, -0.15) is 5.48 Å². The molecule has 0 aromatic heterocycles. The molecule has 0 spiro atoms. The van der Waals surface area contributed by atoms with Crippen LogP contribution in [-0.2, 0) is 9.63 Å². The number of hydrogen-bond donors (Lipinski definition) is 3. The Morgan fingerprint density at radius 3 is 2.26 bits per heavy atom. The van der Waals surface area contributed by atoms with Gasteiger partial charge in [0.1, 0.15) is 0 Å². The minimum Gasteiger partial charge on any atom is -0.478 e. The summed E-state index contributed by atoms with van der Waals surface area (Å²) in [5.41, 5.74) is 2.47. The lowest BCUT2D eigenvalue weighted by molar-refractivity contribution is -0.143. The largest absolute Gasteiger partial charge is 0.478 e. The summed E-state index contributed by atoms with van der Waals surface area (Å²) in [5, 5.41) is 11.0. The quantitative estimate of drug-likeness (QED) is 0.567. The van der Waals surface area contributed by atoms with Gasteiger partial charge in [0.15, 0.2) is 0 Å². The van der Waals surface area contributed by atoms with Crippen LogP contribution in [0.3, 0.4) is 0 Å². The van der Waals surface area contributed by atoms with Crippen LogP contribution >= 0.6 is 0 Å². The van der Waals surface area contributed by atoms with E-state index in [-0.39, 0.29) is 11.1 Å². The van der Waals surface area contributed by atoms with Gasteiger partial charge in [0.25, 0.3) is 0 Å². The van der Waals surface area contributed by atoms with Gasteiger partial charge in [-0.15, -0.1) is 0 Å². The van der Waals surface area contributed by atoms with Gasteiger partial charge in [-0.25, -0.2) is 14.4 Å². The second-order valence-corrected chi connectivity index (χ2v) is 3.61. The molecule has 7 heteroatoms. The molecule has 0 unspecified atom stereocenters. The van der Waals surface area contributed by atoms with Crippen LogP contribution in [0, 0.1) is 0 Å². The Balaban J connectivity index is 2.50. The summed E-state index contributed by atoms with van der Waals surface area (Å²) in [6, 6.07) is 4.71. The number of nitrogens with one attached hydrogen (secondary N) is 2. The number of urea groups is 1. The molecule has 3 N–H and O–H groups in total. The Labute approximate surface area is 108 Å². The summed E-state index contributed by atoms with van der Waals surface area (Å²) in [6.45, 7) is 4.78. The molecule has 19 heavy (non-hydrogen) atoms. The number of carbonyl (C=O) groups excluding carboxylic acids is 2. The monoisotopic (exact) mass is 264 g/mol. The van der Waals surface area contributed by atoms with Gasteiger partial charge >= 0.3 is 18.0 Å². The molecule has 0 saturated heterocycles. The molecule has 100 valence electrons. The van der Waals surface area contributed by atoms with Crippen LogP contribution < -0.4 is 10.8 Å². The Hall–Kier alpha value is -2.83. The normalized spacial score (nSPS) is 9.32. The number of amides is 2. The maximum Gasteiger partial charge on any atom is 0.358 e. The van der Waals surface area contributed by atoms with Crippen LogP contribution in [0.2, 0.25) is 0 Å². The second-order valence-electron chi connectivity index (χ2n) is 3.61. The molecule has 1 aromatic rings. The maximum atomic E-state index is 11.3. The van der Waals surface area contributed by atoms with Crippen molar-refractivity contribution in [3.8, 4) is 0 Å². The molecule has 0 atom stereocenters. The average molecular weight is 264 g/mol. The number of anilines is 1. The lowest BCUT2D eigenvalue weighted by atomic mass is 10.2. The van der Waals surface area contributed by atoms with Crippen molar-refractivity contribution in [2.75, 3.05) is 5.32 Å². The summed E-state index contributed by atoms with van der Waals surface area (Å²) in [4.78, 5) is 37.3. The zero-order valence-corrected chi connectivity index (χ0v) is 10.1. The van der Waals surface area contributed by atoms with Crippen LogP contribution in [0.4, 0.5) is 10.5 Å². The highest BCUT2D eigenvalue weighted by Crippen LogP contribution is 2.09. The summed E-state index contributed by atoms with van der Waals surface area (Å²) in [5.74, 6) is -1.82. The minimum atomic E-state index is -1.06. The lowest BCUT2D eigenvalue weighted by Crippen LogP contribution is -2.31. The molecule has 0 bridgehead atoms. The third-order valence-corrected chi connectivity index (χ3v) is 1.97. The fourth-order valence-corrected chi connectivity index (χ4v) is 1.03. The van der Waals surface area contributed by atoms with E-state index in [1.807, 2.05) is 5.48 Å². The number of aromatic carboxylic acids is 1. The van der Waals surface area contributed by atoms with Crippen molar-refractivity contribution in [3.05, 3.63) is 42.0 Å². The summed E-state index contributed by atoms with van der Waals surface area (Å²) >= 11 is 0. The number of carboxylic acids is 1. The molecule has 0 aliphatic heterocycles. The van der Waals surface area contributed by atoms with E-state index in [4.69, 9.17) is 5.11 Å². The molecule has 0 heterocycles. The van der Waals surface area contributed by atoms with E-state index in [1.165, 1.54) is 31.2 Å². The summed E-state index contributed by atoms with van der Waals surface area (Å²) in [7, 11) is 0.